The number of hydrogen-bond acceptors (Lipinski definition) is 2. The molecule has 1 N–H and O–H groups in total. The van der Waals surface area contributed by atoms with Gasteiger partial charge in [-0.05, 0) is 0 Å². The number of rotatable bonds is 3. The summed E-state index contributed by atoms with van der Waals surface area (Å²) in [6.07, 6.45) is 4.00. The maximum absolute atomic E-state index is 9.53. The summed E-state index contributed by atoms with van der Waals surface area (Å²) in [6, 6.07) is 0. The molecule has 0 bridgehead atoms. The zero-order chi connectivity index (χ0) is 9.11. The molecule has 0 heterocycles. The van der Waals surface area contributed by atoms with Crippen LogP contribution in [0.15, 0.2) is 31.4 Å². The fourth-order valence-corrected chi connectivity index (χ4v) is 0.172. The number of carboxylic acid groups (broad SMARTS) is 1. The van der Waals surface area contributed by atoms with E-state index < -0.39 is 5.97 Å². The second kappa shape index (κ2) is 11.2. The molecule has 0 aromatic rings. The van der Waals surface area contributed by atoms with E-state index in [0.29, 0.717) is 0 Å². The second-order valence-corrected chi connectivity index (χ2v) is 1.41. The van der Waals surface area contributed by atoms with Gasteiger partial charge in [-0.2, -0.15) is 0 Å². The van der Waals surface area contributed by atoms with E-state index in [0.717, 1.165) is 0 Å². The molecule has 0 saturated heterocycles. The third kappa shape index (κ3) is 29.8. The van der Waals surface area contributed by atoms with Crippen molar-refractivity contribution < 1.29 is 14.7 Å². The van der Waals surface area contributed by atoms with Crippen LogP contribution in [0.5, 0.6) is 0 Å². The first-order chi connectivity index (χ1) is 5.18. The Bertz CT molecular complexity index is 176. The first kappa shape index (κ1) is 12.1. The summed E-state index contributed by atoms with van der Waals surface area (Å²) in [4.78, 5) is 18.7. The molecular weight excluding hydrogens is 144 g/mol. The number of carbonyl (C=O) groups is 1. The minimum Gasteiger partial charge on any atom is -0.481 e. The normalized spacial score (nSPS) is 6.18. The molecule has 0 aromatic carbocycles. The van der Waals surface area contributed by atoms with Crippen molar-refractivity contribution >= 4 is 11.9 Å². The highest BCUT2D eigenvalue weighted by Crippen LogP contribution is 1.74. The average molecular weight is 154 g/mol. The molecular formula is C8H10O3. The summed E-state index contributed by atoms with van der Waals surface area (Å²) in [5, 5.41) is 7.84. The van der Waals surface area contributed by atoms with Crippen LogP contribution >= 0.6 is 0 Å². The van der Waals surface area contributed by atoms with Gasteiger partial charge in [0.05, 0.1) is 6.42 Å². The molecule has 0 atom stereocenters. The van der Waals surface area contributed by atoms with Crippen LogP contribution in [0.1, 0.15) is 6.42 Å². The molecule has 0 spiro atoms. The Labute approximate surface area is 65.3 Å². The molecule has 0 radical (unpaired) electrons. The van der Waals surface area contributed by atoms with Crippen LogP contribution in [0.2, 0.25) is 0 Å². The molecule has 0 aliphatic carbocycles. The quantitative estimate of drug-likeness (QED) is 0.377. The SMILES string of the molecule is C=CC=C=O.C=CCC(=O)O. The largest absolute Gasteiger partial charge is 0.481 e. The van der Waals surface area contributed by atoms with Gasteiger partial charge in [0, 0.05) is 6.08 Å². The van der Waals surface area contributed by atoms with Gasteiger partial charge in [0.1, 0.15) is 5.94 Å². The molecule has 3 heteroatoms. The van der Waals surface area contributed by atoms with Crippen LogP contribution in [-0.4, -0.2) is 17.0 Å². The fourth-order valence-electron chi connectivity index (χ4n) is 0.172. The Morgan fingerprint density at radius 3 is 2.09 bits per heavy atom. The van der Waals surface area contributed by atoms with E-state index in [4.69, 9.17) is 9.90 Å². The van der Waals surface area contributed by atoms with Crippen molar-refractivity contribution in [3.63, 3.8) is 0 Å². The van der Waals surface area contributed by atoms with Crippen molar-refractivity contribution in [1.29, 1.82) is 0 Å². The fraction of sp³-hybridized carbons (Fsp3) is 0.125. The van der Waals surface area contributed by atoms with Crippen LogP contribution in [0.4, 0.5) is 0 Å². The van der Waals surface area contributed by atoms with E-state index >= 15 is 0 Å². The van der Waals surface area contributed by atoms with E-state index in [1.807, 2.05) is 0 Å². The lowest BCUT2D eigenvalue weighted by molar-refractivity contribution is -0.135. The lowest BCUT2D eigenvalue weighted by Gasteiger charge is -1.75. The molecule has 60 valence electrons. The number of carboxylic acids is 1. The Hall–Kier alpha value is -1.60. The van der Waals surface area contributed by atoms with Crippen LogP contribution in [0, 0.1) is 0 Å². The highest BCUT2D eigenvalue weighted by atomic mass is 16.4. The predicted octanol–water partition coefficient (Wildman–Crippen LogP) is 1.21. The van der Waals surface area contributed by atoms with Gasteiger partial charge < -0.3 is 5.11 Å². The lowest BCUT2D eigenvalue weighted by Crippen LogP contribution is -1.88. The molecule has 0 aromatic heterocycles. The topological polar surface area (TPSA) is 54.4 Å². The standard InChI is InChI=1S/C4H6O2.C4H4O/c1-2-3-4(5)6;1-2-3-4-5/h2H,1,3H2,(H,5,6);2-3H,1H2. The highest BCUT2D eigenvalue weighted by Gasteiger charge is 1.84. The summed E-state index contributed by atoms with van der Waals surface area (Å²) in [6.45, 7) is 6.45. The molecule has 0 amide bonds. The second-order valence-electron chi connectivity index (χ2n) is 1.41. The third-order valence-corrected chi connectivity index (χ3v) is 0.505. The van der Waals surface area contributed by atoms with Crippen LogP contribution in [0.25, 0.3) is 0 Å². The number of allylic oxidation sites excluding steroid dienone is 2. The van der Waals surface area contributed by atoms with Crippen molar-refractivity contribution in [2.24, 2.45) is 0 Å². The molecule has 3 nitrogen and oxygen atoms in total. The predicted molar refractivity (Wildman–Crippen MR) is 42.9 cm³/mol. The monoisotopic (exact) mass is 154 g/mol. The maximum Gasteiger partial charge on any atom is 0.307 e. The van der Waals surface area contributed by atoms with Crippen molar-refractivity contribution in [2.45, 2.75) is 6.42 Å². The summed E-state index contributed by atoms with van der Waals surface area (Å²) in [7, 11) is 0. The summed E-state index contributed by atoms with van der Waals surface area (Å²) >= 11 is 0. The molecule has 0 unspecified atom stereocenters. The summed E-state index contributed by atoms with van der Waals surface area (Å²) in [5.41, 5.74) is 0. The van der Waals surface area contributed by atoms with Crippen molar-refractivity contribution in [2.75, 3.05) is 0 Å². The van der Waals surface area contributed by atoms with E-state index in [-0.39, 0.29) is 6.42 Å². The average Bonchev–Trinajstić information content (AvgIpc) is 1.90. The lowest BCUT2D eigenvalue weighted by atomic mass is 10.4. The van der Waals surface area contributed by atoms with Gasteiger partial charge in [-0.1, -0.05) is 18.7 Å². The Balaban J connectivity index is 0. The van der Waals surface area contributed by atoms with Gasteiger partial charge in [0.2, 0.25) is 0 Å². The van der Waals surface area contributed by atoms with Crippen LogP contribution in [-0.2, 0) is 9.59 Å². The van der Waals surface area contributed by atoms with Gasteiger partial charge in [-0.3, -0.25) is 4.79 Å². The van der Waals surface area contributed by atoms with Gasteiger partial charge >= 0.3 is 5.97 Å². The minimum absolute atomic E-state index is 0.0556. The highest BCUT2D eigenvalue weighted by molar-refractivity contribution is 5.68. The first-order valence-corrected chi connectivity index (χ1v) is 2.83. The van der Waals surface area contributed by atoms with Crippen molar-refractivity contribution in [3.05, 3.63) is 31.4 Å². The Kier molecular flexibility index (Phi) is 12.4. The zero-order valence-electron chi connectivity index (χ0n) is 6.12. The molecule has 0 rings (SSSR count). The number of carbonyl (C=O) groups excluding carboxylic acids is 1. The smallest absolute Gasteiger partial charge is 0.307 e. The summed E-state index contributed by atoms with van der Waals surface area (Å²) in [5.74, 6) is 0.696. The maximum atomic E-state index is 9.53. The van der Waals surface area contributed by atoms with Crippen molar-refractivity contribution in [1.82, 2.24) is 0 Å². The van der Waals surface area contributed by atoms with E-state index in [1.165, 1.54) is 24.2 Å². The van der Waals surface area contributed by atoms with Crippen LogP contribution in [0.3, 0.4) is 0 Å². The van der Waals surface area contributed by atoms with Crippen molar-refractivity contribution in [3.8, 4) is 0 Å². The van der Waals surface area contributed by atoms with Gasteiger partial charge in [0.15, 0.2) is 0 Å². The van der Waals surface area contributed by atoms with E-state index in [2.05, 4.69) is 13.2 Å². The zero-order valence-corrected chi connectivity index (χ0v) is 6.12. The van der Waals surface area contributed by atoms with Crippen LogP contribution < -0.4 is 0 Å². The Morgan fingerprint density at radius 2 is 2.09 bits per heavy atom. The first-order valence-electron chi connectivity index (χ1n) is 2.83. The third-order valence-electron chi connectivity index (χ3n) is 0.505. The number of hydrogen-bond donors (Lipinski definition) is 1. The molecule has 0 aliphatic rings. The van der Waals surface area contributed by atoms with E-state index in [9.17, 15) is 4.79 Å². The number of aliphatic carboxylic acids is 1. The summed E-state index contributed by atoms with van der Waals surface area (Å²) < 4.78 is 0. The molecule has 0 aliphatic heterocycles. The Morgan fingerprint density at radius 1 is 1.55 bits per heavy atom. The minimum atomic E-state index is -0.829. The molecule has 11 heavy (non-hydrogen) atoms. The van der Waals surface area contributed by atoms with E-state index in [1.54, 1.807) is 0 Å². The van der Waals surface area contributed by atoms with Gasteiger partial charge in [0.25, 0.3) is 0 Å². The molecule has 0 saturated carbocycles. The van der Waals surface area contributed by atoms with Gasteiger partial charge in [-0.25, -0.2) is 4.79 Å². The van der Waals surface area contributed by atoms with Gasteiger partial charge in [-0.15, -0.1) is 6.58 Å². The molecule has 0 fully saturated rings.